The third kappa shape index (κ3) is 20.3. The third-order valence-corrected chi connectivity index (χ3v) is 2.17. The zero-order valence-electron chi connectivity index (χ0n) is 11.0. The first kappa shape index (κ1) is 31.1. The third-order valence-electron chi connectivity index (χ3n) is 2.17. The maximum absolute atomic E-state index is 10.6. The SMILES string of the molecule is O=C(O)CN(CCN(CC(=O)O)CC(=O)O)CC(=O)O.[Cr].[NaH].[NaH]. The van der Waals surface area contributed by atoms with Crippen molar-refractivity contribution in [2.45, 2.75) is 0 Å². The molecule has 0 fully saturated rings. The second kappa shape index (κ2) is 17.2. The molecule has 0 radical (unpaired) electrons. The van der Waals surface area contributed by atoms with E-state index < -0.39 is 50.1 Å². The molecule has 0 aromatic rings. The van der Waals surface area contributed by atoms with Crippen LogP contribution in [0, 0.1) is 0 Å². The summed E-state index contributed by atoms with van der Waals surface area (Å²) < 4.78 is 0. The number of carbonyl (C=O) groups is 4. The predicted octanol–water partition coefficient (Wildman–Crippen LogP) is -3.37. The van der Waals surface area contributed by atoms with E-state index in [0.717, 1.165) is 9.80 Å². The topological polar surface area (TPSA) is 156 Å². The molecule has 0 unspecified atom stereocenters. The number of hydrogen-bond donors (Lipinski definition) is 4. The summed E-state index contributed by atoms with van der Waals surface area (Å²) in [5, 5.41) is 34.5. The number of rotatable bonds is 11. The summed E-state index contributed by atoms with van der Waals surface area (Å²) in [5.41, 5.74) is 0. The molecule has 0 aliphatic rings. The van der Waals surface area contributed by atoms with Gasteiger partial charge in [-0.2, -0.15) is 0 Å². The quantitative estimate of drug-likeness (QED) is 0.262. The molecule has 0 aliphatic heterocycles. The molecule has 23 heavy (non-hydrogen) atoms. The Hall–Kier alpha value is 0.332. The van der Waals surface area contributed by atoms with Gasteiger partial charge in [-0.3, -0.25) is 29.0 Å². The van der Waals surface area contributed by atoms with Gasteiger partial charge in [0, 0.05) is 30.5 Å². The minimum absolute atomic E-state index is 0. The average molecular weight is 392 g/mol. The summed E-state index contributed by atoms with van der Waals surface area (Å²) in [4.78, 5) is 44.4. The van der Waals surface area contributed by atoms with E-state index in [4.69, 9.17) is 20.4 Å². The summed E-state index contributed by atoms with van der Waals surface area (Å²) in [5.74, 6) is -4.91. The predicted molar refractivity (Wildman–Crippen MR) is 77.7 cm³/mol. The van der Waals surface area contributed by atoms with Crippen LogP contribution in [0.3, 0.4) is 0 Å². The molecular weight excluding hydrogens is 374 g/mol. The van der Waals surface area contributed by atoms with Gasteiger partial charge in [-0.1, -0.05) is 0 Å². The van der Waals surface area contributed by atoms with Gasteiger partial charge in [-0.25, -0.2) is 0 Å². The van der Waals surface area contributed by atoms with Gasteiger partial charge >= 0.3 is 83.0 Å². The fourth-order valence-corrected chi connectivity index (χ4v) is 1.48. The number of carboxylic acids is 4. The Bertz CT molecular complexity index is 331. The van der Waals surface area contributed by atoms with Gasteiger partial charge < -0.3 is 20.4 Å². The van der Waals surface area contributed by atoms with Crippen LogP contribution in [0.5, 0.6) is 0 Å². The fourth-order valence-electron chi connectivity index (χ4n) is 1.48. The van der Waals surface area contributed by atoms with Gasteiger partial charge in [0.1, 0.15) is 0 Å². The molecule has 13 heteroatoms. The minimum atomic E-state index is -1.23. The van der Waals surface area contributed by atoms with Gasteiger partial charge in [-0.15, -0.1) is 0 Å². The monoisotopic (exact) mass is 392 g/mol. The van der Waals surface area contributed by atoms with Crippen molar-refractivity contribution in [2.75, 3.05) is 39.3 Å². The summed E-state index contributed by atoms with van der Waals surface area (Å²) in [6.07, 6.45) is 0. The number of aliphatic carboxylic acids is 4. The molecule has 0 bridgehead atoms. The van der Waals surface area contributed by atoms with E-state index in [0.29, 0.717) is 0 Å². The second-order valence-corrected chi connectivity index (χ2v) is 4.00. The van der Waals surface area contributed by atoms with Crippen molar-refractivity contribution in [1.29, 1.82) is 0 Å². The maximum atomic E-state index is 10.6. The molecule has 0 saturated carbocycles. The van der Waals surface area contributed by atoms with Crippen molar-refractivity contribution in [1.82, 2.24) is 9.80 Å². The Labute approximate surface area is 187 Å². The molecule has 124 valence electrons. The first-order valence-electron chi connectivity index (χ1n) is 5.52. The van der Waals surface area contributed by atoms with Gasteiger partial charge in [0.25, 0.3) is 0 Å². The Morgan fingerprint density at radius 1 is 0.565 bits per heavy atom. The Balaban J connectivity index is -0.000000602. The van der Waals surface area contributed by atoms with Crippen molar-refractivity contribution < 1.29 is 57.0 Å². The van der Waals surface area contributed by atoms with Crippen molar-refractivity contribution in [3.8, 4) is 0 Å². The van der Waals surface area contributed by atoms with Gasteiger partial charge in [0.05, 0.1) is 26.2 Å². The van der Waals surface area contributed by atoms with Crippen LogP contribution in [-0.2, 0) is 36.5 Å². The van der Waals surface area contributed by atoms with Crippen LogP contribution >= 0.6 is 0 Å². The van der Waals surface area contributed by atoms with Crippen molar-refractivity contribution in [3.05, 3.63) is 0 Å². The van der Waals surface area contributed by atoms with Crippen molar-refractivity contribution in [3.63, 3.8) is 0 Å². The summed E-state index contributed by atoms with van der Waals surface area (Å²) in [7, 11) is 0. The summed E-state index contributed by atoms with van der Waals surface area (Å²) in [6, 6.07) is 0. The van der Waals surface area contributed by atoms with Gasteiger partial charge in [0.2, 0.25) is 0 Å². The van der Waals surface area contributed by atoms with Crippen molar-refractivity contribution >= 4 is 83.0 Å². The van der Waals surface area contributed by atoms with Crippen LogP contribution in [0.15, 0.2) is 0 Å². The first-order chi connectivity index (χ1) is 9.20. The molecule has 0 aromatic heterocycles. The van der Waals surface area contributed by atoms with E-state index in [9.17, 15) is 19.2 Å². The van der Waals surface area contributed by atoms with E-state index >= 15 is 0 Å². The van der Waals surface area contributed by atoms with E-state index in [1.807, 2.05) is 0 Å². The molecule has 0 heterocycles. The van der Waals surface area contributed by atoms with E-state index in [1.165, 1.54) is 0 Å². The Morgan fingerprint density at radius 3 is 0.870 bits per heavy atom. The Morgan fingerprint density at radius 2 is 0.739 bits per heavy atom. The van der Waals surface area contributed by atoms with Crippen LogP contribution in [-0.4, -0.2) is 152 Å². The molecule has 0 amide bonds. The molecule has 4 N–H and O–H groups in total. The van der Waals surface area contributed by atoms with E-state index in [2.05, 4.69) is 0 Å². The van der Waals surface area contributed by atoms with Crippen LogP contribution < -0.4 is 0 Å². The standard InChI is InChI=1S/C10H16N2O8.Cr.2Na.2H/c13-7(14)3-11(4-8(15)16)1-2-12(5-9(17)18)6-10(19)20;;;;;/h1-6H2,(H,13,14)(H,15,16)(H,17,18)(H,19,20);;;;;. The first-order valence-corrected chi connectivity index (χ1v) is 5.52. The van der Waals surface area contributed by atoms with Gasteiger partial charge in [-0.05, 0) is 0 Å². The van der Waals surface area contributed by atoms with Crippen molar-refractivity contribution in [2.24, 2.45) is 0 Å². The number of carboxylic acid groups (broad SMARTS) is 4. The molecule has 10 nitrogen and oxygen atoms in total. The number of hydrogen-bond acceptors (Lipinski definition) is 6. The Kier molecular flexibility index (Phi) is 23.2. The molecule has 0 atom stereocenters. The van der Waals surface area contributed by atoms with E-state index in [1.54, 1.807) is 0 Å². The van der Waals surface area contributed by atoms with Crippen LogP contribution in [0.1, 0.15) is 0 Å². The molecule has 0 spiro atoms. The molecule has 0 saturated heterocycles. The second-order valence-electron chi connectivity index (χ2n) is 4.00. The van der Waals surface area contributed by atoms with Crippen LogP contribution in [0.4, 0.5) is 0 Å². The molecule has 0 aliphatic carbocycles. The van der Waals surface area contributed by atoms with Crippen LogP contribution in [0.25, 0.3) is 0 Å². The van der Waals surface area contributed by atoms with Crippen LogP contribution in [0.2, 0.25) is 0 Å². The average Bonchev–Trinajstić information content (AvgIpc) is 2.22. The summed E-state index contributed by atoms with van der Waals surface area (Å²) in [6.45, 7) is -2.25. The summed E-state index contributed by atoms with van der Waals surface area (Å²) >= 11 is 0. The molecule has 0 aromatic carbocycles. The molecule has 0 rings (SSSR count). The van der Waals surface area contributed by atoms with E-state index in [-0.39, 0.29) is 89.6 Å². The zero-order valence-corrected chi connectivity index (χ0v) is 12.2. The molecular formula is C10H18CrN2Na2O8. The number of nitrogens with zero attached hydrogens (tertiary/aromatic N) is 2. The van der Waals surface area contributed by atoms with Gasteiger partial charge in [0.15, 0.2) is 0 Å². The fraction of sp³-hybridized carbons (Fsp3) is 0.600. The zero-order chi connectivity index (χ0) is 15.7. The normalized spacial score (nSPS) is 9.30.